The Bertz CT molecular complexity index is 523. The summed E-state index contributed by atoms with van der Waals surface area (Å²) in [5.74, 6) is 4.47. The van der Waals surface area contributed by atoms with E-state index in [4.69, 9.17) is 4.74 Å². The van der Waals surface area contributed by atoms with Gasteiger partial charge in [-0.2, -0.15) is 0 Å². The summed E-state index contributed by atoms with van der Waals surface area (Å²) in [6, 6.07) is 3.45. The van der Waals surface area contributed by atoms with Crippen LogP contribution >= 0.6 is 0 Å². The fourth-order valence-corrected chi connectivity index (χ4v) is 1.42. The van der Waals surface area contributed by atoms with E-state index < -0.39 is 0 Å². The van der Waals surface area contributed by atoms with E-state index in [1.165, 1.54) is 0 Å². The highest BCUT2D eigenvalue weighted by Gasteiger charge is 2.04. The molecule has 18 heavy (non-hydrogen) atoms. The molecule has 5 nitrogen and oxygen atoms in total. The summed E-state index contributed by atoms with van der Waals surface area (Å²) in [4.78, 5) is 23.1. The number of carbonyl (C=O) groups is 1. The minimum absolute atomic E-state index is 0.126. The summed E-state index contributed by atoms with van der Waals surface area (Å²) in [7, 11) is 1.58. The van der Waals surface area contributed by atoms with E-state index >= 15 is 0 Å². The van der Waals surface area contributed by atoms with Crippen molar-refractivity contribution in [1.82, 2.24) is 9.88 Å². The van der Waals surface area contributed by atoms with Gasteiger partial charge in [-0.25, -0.2) is 0 Å². The van der Waals surface area contributed by atoms with E-state index in [1.807, 2.05) is 0 Å². The van der Waals surface area contributed by atoms with Crippen LogP contribution in [0.3, 0.4) is 0 Å². The normalized spacial score (nSPS) is 9.44. The molecule has 1 heterocycles. The van der Waals surface area contributed by atoms with Crippen LogP contribution in [0.2, 0.25) is 0 Å². The third-order valence-electron chi connectivity index (χ3n) is 2.31. The molecule has 1 N–H and O–H groups in total. The van der Waals surface area contributed by atoms with Crippen LogP contribution in [0.1, 0.15) is 12.5 Å². The molecule has 1 aromatic rings. The Morgan fingerprint density at radius 2 is 2.33 bits per heavy atom. The molecule has 0 aliphatic heterocycles. The highest BCUT2D eigenvalue weighted by atomic mass is 16.5. The number of amides is 1. The van der Waals surface area contributed by atoms with E-state index in [0.717, 1.165) is 0 Å². The van der Waals surface area contributed by atoms with Crippen molar-refractivity contribution in [3.63, 3.8) is 0 Å². The zero-order valence-corrected chi connectivity index (χ0v) is 10.5. The summed E-state index contributed by atoms with van der Waals surface area (Å²) in [6.45, 7) is 2.73. The van der Waals surface area contributed by atoms with Crippen molar-refractivity contribution >= 4 is 5.91 Å². The number of hydrogen-bond donors (Lipinski definition) is 1. The van der Waals surface area contributed by atoms with E-state index in [1.54, 1.807) is 36.9 Å². The lowest BCUT2D eigenvalue weighted by atomic mass is 10.2. The van der Waals surface area contributed by atoms with Gasteiger partial charge in [-0.3, -0.25) is 9.59 Å². The summed E-state index contributed by atoms with van der Waals surface area (Å²) in [5, 5.41) is 2.57. The molecule has 0 atom stereocenters. The maximum absolute atomic E-state index is 12.0. The van der Waals surface area contributed by atoms with Crippen molar-refractivity contribution in [2.45, 2.75) is 20.0 Å². The molecule has 0 saturated carbocycles. The van der Waals surface area contributed by atoms with E-state index in [9.17, 15) is 9.59 Å². The fraction of sp³-hybridized carbons (Fsp3) is 0.385. The predicted molar refractivity (Wildman–Crippen MR) is 67.9 cm³/mol. The Hall–Kier alpha value is -2.06. The van der Waals surface area contributed by atoms with Crippen molar-refractivity contribution < 1.29 is 9.53 Å². The van der Waals surface area contributed by atoms with E-state index in [-0.39, 0.29) is 18.0 Å². The molecular formula is C13H16N2O3. The number of carbonyl (C=O) groups excluding carboxylic acids is 1. The lowest BCUT2D eigenvalue weighted by Crippen LogP contribution is -2.29. The van der Waals surface area contributed by atoms with Crippen LogP contribution < -0.4 is 10.9 Å². The summed E-state index contributed by atoms with van der Waals surface area (Å²) in [5.41, 5.74) is 0.402. The second-order valence-electron chi connectivity index (χ2n) is 3.58. The summed E-state index contributed by atoms with van der Waals surface area (Å²) < 4.78 is 6.48. The van der Waals surface area contributed by atoms with Crippen molar-refractivity contribution in [2.24, 2.45) is 0 Å². The topological polar surface area (TPSA) is 60.3 Å². The lowest BCUT2D eigenvalue weighted by molar-refractivity contribution is -0.115. The van der Waals surface area contributed by atoms with Gasteiger partial charge in [0.1, 0.15) is 0 Å². The minimum atomic E-state index is -0.385. The summed E-state index contributed by atoms with van der Waals surface area (Å²) in [6.07, 6.45) is 1.69. The van der Waals surface area contributed by atoms with Gasteiger partial charge in [0.15, 0.2) is 0 Å². The van der Waals surface area contributed by atoms with E-state index in [2.05, 4.69) is 17.2 Å². The van der Waals surface area contributed by atoms with Crippen LogP contribution in [0.4, 0.5) is 0 Å². The second-order valence-corrected chi connectivity index (χ2v) is 3.58. The molecule has 0 unspecified atom stereocenters. The van der Waals surface area contributed by atoms with Gasteiger partial charge in [0, 0.05) is 32.0 Å². The smallest absolute Gasteiger partial charge is 0.296 e. The van der Waals surface area contributed by atoms with Gasteiger partial charge in [0.2, 0.25) is 0 Å². The van der Waals surface area contributed by atoms with Crippen molar-refractivity contribution in [3.05, 3.63) is 34.2 Å². The first-order chi connectivity index (χ1) is 8.69. The Kier molecular flexibility index (Phi) is 5.68. The van der Waals surface area contributed by atoms with Crippen LogP contribution in [0.5, 0.6) is 0 Å². The Balaban J connectivity index is 2.74. The van der Waals surface area contributed by atoms with Gasteiger partial charge in [-0.1, -0.05) is 12.0 Å². The van der Waals surface area contributed by atoms with Crippen LogP contribution in [-0.4, -0.2) is 24.2 Å². The van der Waals surface area contributed by atoms with Gasteiger partial charge in [-0.15, -0.1) is 0 Å². The standard InChI is InChI=1S/C13H16N2O3/c1-3-5-12(16)14-10-11-6-4-7-15(13(11)17)8-9-18-2/h4,6-7H,8-10H2,1-2H3,(H,14,16). The molecule has 0 saturated heterocycles. The number of rotatable bonds is 5. The quantitative estimate of drug-likeness (QED) is 0.754. The molecular weight excluding hydrogens is 232 g/mol. The van der Waals surface area contributed by atoms with Crippen molar-refractivity contribution in [1.29, 1.82) is 0 Å². The Morgan fingerprint density at radius 1 is 1.56 bits per heavy atom. The molecule has 0 aromatic carbocycles. The zero-order chi connectivity index (χ0) is 13.4. The highest BCUT2D eigenvalue weighted by molar-refractivity contribution is 5.93. The average molecular weight is 248 g/mol. The second kappa shape index (κ2) is 7.30. The number of ether oxygens (including phenoxy) is 1. The molecule has 1 rings (SSSR count). The van der Waals surface area contributed by atoms with Crippen molar-refractivity contribution in [2.75, 3.05) is 13.7 Å². The first-order valence-corrected chi connectivity index (χ1v) is 5.57. The van der Waals surface area contributed by atoms with Gasteiger partial charge >= 0.3 is 0 Å². The molecule has 0 fully saturated rings. The van der Waals surface area contributed by atoms with Crippen LogP contribution in [0.15, 0.2) is 23.1 Å². The Morgan fingerprint density at radius 3 is 3.00 bits per heavy atom. The van der Waals surface area contributed by atoms with Crippen LogP contribution in [0, 0.1) is 11.8 Å². The molecule has 0 aliphatic carbocycles. The third-order valence-corrected chi connectivity index (χ3v) is 2.31. The third kappa shape index (κ3) is 4.07. The van der Waals surface area contributed by atoms with Gasteiger partial charge in [0.05, 0.1) is 6.61 Å². The number of nitrogens with zero attached hydrogens (tertiary/aromatic N) is 1. The molecule has 0 radical (unpaired) electrons. The van der Waals surface area contributed by atoms with Gasteiger partial charge in [-0.05, 0) is 18.9 Å². The number of nitrogens with one attached hydrogen (secondary N) is 1. The Labute approximate surface area is 106 Å². The molecule has 1 aromatic heterocycles. The predicted octanol–water partition coefficient (Wildman–Crippen LogP) is 0.134. The number of hydrogen-bond acceptors (Lipinski definition) is 3. The SMILES string of the molecule is CC#CC(=O)NCc1cccn(CCOC)c1=O. The molecule has 0 bridgehead atoms. The number of pyridine rings is 1. The lowest BCUT2D eigenvalue weighted by Gasteiger charge is -2.07. The molecule has 96 valence electrons. The van der Waals surface area contributed by atoms with Crippen LogP contribution in [0.25, 0.3) is 0 Å². The zero-order valence-electron chi connectivity index (χ0n) is 10.5. The fourth-order valence-electron chi connectivity index (χ4n) is 1.42. The average Bonchev–Trinajstić information content (AvgIpc) is 2.36. The largest absolute Gasteiger partial charge is 0.383 e. The number of methoxy groups -OCH3 is 1. The first kappa shape index (κ1) is 14.0. The van der Waals surface area contributed by atoms with Gasteiger partial charge < -0.3 is 14.6 Å². The molecule has 0 spiro atoms. The van der Waals surface area contributed by atoms with E-state index in [0.29, 0.717) is 18.7 Å². The molecule has 1 amide bonds. The van der Waals surface area contributed by atoms with Gasteiger partial charge in [0.25, 0.3) is 11.5 Å². The summed E-state index contributed by atoms with van der Waals surface area (Å²) >= 11 is 0. The van der Waals surface area contributed by atoms with Crippen molar-refractivity contribution in [3.8, 4) is 11.8 Å². The maximum Gasteiger partial charge on any atom is 0.296 e. The number of aromatic nitrogens is 1. The first-order valence-electron chi connectivity index (χ1n) is 5.57. The molecule has 0 aliphatic rings. The maximum atomic E-state index is 12.0. The molecule has 5 heteroatoms. The monoisotopic (exact) mass is 248 g/mol. The highest BCUT2D eigenvalue weighted by Crippen LogP contribution is 1.92. The minimum Gasteiger partial charge on any atom is -0.383 e. The van der Waals surface area contributed by atoms with Crippen LogP contribution in [-0.2, 0) is 22.6 Å².